The average Bonchev–Trinajstić information content (AvgIpc) is 1.53. The monoisotopic (exact) mass is 1380 g/mol. The van der Waals surface area contributed by atoms with Crippen LogP contribution in [0.15, 0.2) is 249 Å². The van der Waals surface area contributed by atoms with Crippen LogP contribution in [0.2, 0.25) is 58.9 Å². The predicted octanol–water partition coefficient (Wildman–Crippen LogP) is 23.9. The lowest BCUT2D eigenvalue weighted by molar-refractivity contribution is 0.652. The summed E-state index contributed by atoms with van der Waals surface area (Å²) < 4.78 is 16.8. The molecular formula is C95H101B2N2Si3. The lowest BCUT2D eigenvalue weighted by Gasteiger charge is -2.32. The second kappa shape index (κ2) is 29.1. The van der Waals surface area contributed by atoms with Gasteiger partial charge in [0.05, 0.1) is 38.2 Å². The van der Waals surface area contributed by atoms with Crippen LogP contribution in [0.25, 0.3) is 69.5 Å². The summed E-state index contributed by atoms with van der Waals surface area (Å²) in [6.07, 6.45) is 13.2. The number of fused-ring (bicyclic) bond motifs is 8. The van der Waals surface area contributed by atoms with Gasteiger partial charge in [0.15, 0.2) is 0 Å². The quantitative estimate of drug-likeness (QED) is 0.0746. The first-order valence-corrected chi connectivity index (χ1v) is 46.4. The summed E-state index contributed by atoms with van der Waals surface area (Å²) in [6.45, 7) is 40.0. The summed E-state index contributed by atoms with van der Waals surface area (Å²) >= 11 is 0. The number of hydrogen-bond acceptors (Lipinski definition) is 2. The Balaban J connectivity index is 0.000000201. The molecule has 0 atom stereocenters. The molecule has 0 fully saturated rings. The van der Waals surface area contributed by atoms with E-state index in [0.29, 0.717) is 8.34 Å². The minimum absolute atomic E-state index is 0.0354. The first-order valence-electron chi connectivity index (χ1n) is 37.6. The first-order chi connectivity index (χ1) is 50.0. The molecule has 0 amide bonds. The molecule has 7 heteroatoms. The van der Waals surface area contributed by atoms with Crippen molar-refractivity contribution in [2.75, 3.05) is 9.80 Å². The maximum atomic E-state index is 5.75. The fourth-order valence-corrected chi connectivity index (χ4v) is 18.5. The third kappa shape index (κ3) is 15.0. The molecule has 0 bridgehead atoms. The summed E-state index contributed by atoms with van der Waals surface area (Å²) in [7, 11) is 0.328. The summed E-state index contributed by atoms with van der Waals surface area (Å²) in [5.41, 5.74) is 30.4. The SMILES string of the molecule is C[Si](C)(C)c1ccc(/C=C/c2ccc(N(c3ccc(/C=C/c4ccc([Si](C)(C)C)cc4)cc3)c3ccc(/C=C/c4ccc([Si](C)(C)C)cc4)cc3)cc2)cc1.Cc1ccc(N(c2ccc(C)cc2C)c2cc3c(c4ccccc24)-c2cc4c(cc2C3(C)C)-c2ccccc2C4(C)C)c(C)c1.[2H][B].[2H][B][2H]. The van der Waals surface area contributed by atoms with E-state index in [-0.39, 0.29) is 10.8 Å². The van der Waals surface area contributed by atoms with E-state index in [1.165, 1.54) is 144 Å². The Kier molecular flexibility index (Phi) is 19.8. The Morgan fingerprint density at radius 3 is 1.02 bits per heavy atom. The third-order valence-electron chi connectivity index (χ3n) is 21.0. The summed E-state index contributed by atoms with van der Waals surface area (Å²) in [4.78, 5) is 4.86. The molecule has 3 radical (unpaired) electrons. The zero-order valence-corrected chi connectivity index (χ0v) is 66.2. The van der Waals surface area contributed by atoms with Crippen molar-refractivity contribution in [1.29, 1.82) is 4.01 Å². The minimum atomic E-state index is -1.31. The van der Waals surface area contributed by atoms with Crippen molar-refractivity contribution in [3.05, 3.63) is 327 Å². The number of benzene rings is 12. The van der Waals surface area contributed by atoms with Crippen LogP contribution >= 0.6 is 0 Å². The van der Waals surface area contributed by atoms with Crippen molar-refractivity contribution < 1.29 is 0 Å². The van der Waals surface area contributed by atoms with Crippen LogP contribution in [0.3, 0.4) is 0 Å². The van der Waals surface area contributed by atoms with Gasteiger partial charge in [0, 0.05) is 53.0 Å². The number of anilines is 6. The molecule has 2 nitrogen and oxygen atoms in total. The van der Waals surface area contributed by atoms with Crippen LogP contribution in [-0.4, -0.2) is 44.9 Å². The maximum Gasteiger partial charge on any atom is 0.0775 e. The predicted molar refractivity (Wildman–Crippen MR) is 465 cm³/mol. The second-order valence-electron chi connectivity index (χ2n) is 32.2. The molecule has 14 rings (SSSR count). The number of hydrogen-bond donors (Lipinski definition) is 0. The lowest BCUT2D eigenvalue weighted by atomic mass is 9.79. The Hall–Kier alpha value is -9.50. The summed E-state index contributed by atoms with van der Waals surface area (Å²) in [5, 5.41) is 7.07. The highest BCUT2D eigenvalue weighted by Gasteiger charge is 2.43. The highest BCUT2D eigenvalue weighted by molar-refractivity contribution is 6.89. The van der Waals surface area contributed by atoms with Crippen LogP contribution in [0.4, 0.5) is 34.1 Å². The van der Waals surface area contributed by atoms with Gasteiger partial charge in [0.2, 0.25) is 0 Å². The first kappa shape index (κ1) is 69.6. The highest BCUT2D eigenvalue weighted by Crippen LogP contribution is 2.59. The van der Waals surface area contributed by atoms with Gasteiger partial charge in [0.1, 0.15) is 0 Å². The highest BCUT2D eigenvalue weighted by atomic mass is 28.3. The second-order valence-corrected chi connectivity index (χ2v) is 47.5. The van der Waals surface area contributed by atoms with Crippen molar-refractivity contribution in [1.82, 2.24) is 0 Å². The van der Waals surface area contributed by atoms with Gasteiger partial charge in [-0.25, -0.2) is 0 Å². The van der Waals surface area contributed by atoms with Gasteiger partial charge in [-0.3, -0.25) is 0 Å². The molecule has 0 aromatic heterocycles. The van der Waals surface area contributed by atoms with Crippen LogP contribution < -0.4 is 25.4 Å². The smallest absolute Gasteiger partial charge is 0.0775 e. The molecule has 0 saturated carbocycles. The number of nitrogens with zero attached hydrogens (tertiary/aromatic N) is 2. The lowest BCUT2D eigenvalue weighted by Crippen LogP contribution is -2.37. The van der Waals surface area contributed by atoms with Gasteiger partial charge in [-0.2, -0.15) is 0 Å². The van der Waals surface area contributed by atoms with E-state index in [1.807, 2.05) is 0 Å². The third-order valence-corrected chi connectivity index (χ3v) is 27.2. The van der Waals surface area contributed by atoms with Crippen molar-refractivity contribution >= 4 is 138 Å². The van der Waals surface area contributed by atoms with Crippen LogP contribution in [0.1, 0.15) is 106 Å². The van der Waals surface area contributed by atoms with Crippen LogP contribution in [0.5, 0.6) is 0 Å². The van der Waals surface area contributed by atoms with Gasteiger partial charge < -0.3 is 9.80 Å². The van der Waals surface area contributed by atoms with E-state index in [9.17, 15) is 0 Å². The van der Waals surface area contributed by atoms with E-state index in [0.717, 1.165) is 17.1 Å². The molecule has 0 N–H and O–H groups in total. The fourth-order valence-electron chi connectivity index (χ4n) is 15.0. The van der Waals surface area contributed by atoms with E-state index in [4.69, 9.17) is 4.01 Å². The van der Waals surface area contributed by atoms with Gasteiger partial charge in [0.25, 0.3) is 0 Å². The topological polar surface area (TPSA) is 6.48 Å². The van der Waals surface area contributed by atoms with Gasteiger partial charge in [-0.05, 0) is 193 Å². The molecule has 0 heterocycles. The van der Waals surface area contributed by atoms with E-state index >= 15 is 0 Å². The molecule has 0 unspecified atom stereocenters. The molecule has 12 aromatic carbocycles. The van der Waals surface area contributed by atoms with E-state index in [2.05, 4.69) is 418 Å². The molecule has 102 heavy (non-hydrogen) atoms. The summed E-state index contributed by atoms with van der Waals surface area (Å²) in [6, 6.07) is 93.2. The Morgan fingerprint density at radius 1 is 0.324 bits per heavy atom. The maximum absolute atomic E-state index is 5.75. The van der Waals surface area contributed by atoms with Crippen molar-refractivity contribution in [2.24, 2.45) is 0 Å². The normalized spacial score (nSPS) is 13.6. The van der Waals surface area contributed by atoms with E-state index in [1.54, 1.807) is 0 Å². The Labute approximate surface area is 621 Å². The van der Waals surface area contributed by atoms with Gasteiger partial charge in [-0.1, -0.05) is 332 Å². The molecule has 12 aromatic rings. The van der Waals surface area contributed by atoms with Gasteiger partial charge >= 0.3 is 0 Å². The largest absolute Gasteiger partial charge is 0.311 e. The van der Waals surface area contributed by atoms with Gasteiger partial charge in [-0.15, -0.1) is 0 Å². The zero-order chi connectivity index (χ0) is 75.3. The number of aryl methyl sites for hydroxylation is 4. The average molecular weight is 1380 g/mol. The van der Waals surface area contributed by atoms with Crippen LogP contribution in [0, 0.1) is 27.7 Å². The standard InChI is InChI=1S/C51H57NSi3.C44H41N.BH2.BH/c1-53(2,3)49-34-22-43(23-35-49)13-10-40-16-28-46(29-17-40)52(47-30-18-41(19-31-47)11-14-44-24-36-50(37-25-44)54(4,5)6)48-32-20-42(21-33-48)12-15-45-26-38-51(39-27-45)55(7,8)9;1-26-17-19-39(28(3)21-26)45(40-20-18-27(2)22-29(40)4)41-25-38-42(32-15-10-9-14-31(32)41)34-24-36-33(23-37(34)44(38,7)8)30-13-11-12-16-35(30)43(36,5)6;;/h10-39H,1-9H3;9-25H,1-8H3;1H2;1H/b13-10+,14-11+,15-12+;;;/i;;1D2;1D. The van der Waals surface area contributed by atoms with Crippen molar-refractivity contribution in [2.45, 2.75) is 125 Å². The fraction of sp³-hybridized carbons (Fsp3) is 0.200. The summed E-state index contributed by atoms with van der Waals surface area (Å²) in [5.74, 6) is 0. The molecular weight excluding hydrogens is 1270 g/mol. The van der Waals surface area contributed by atoms with E-state index < -0.39 is 24.2 Å². The molecule has 2 aliphatic carbocycles. The Morgan fingerprint density at radius 2 is 0.647 bits per heavy atom. The minimum Gasteiger partial charge on any atom is -0.311 e. The molecule has 0 spiro atoms. The molecule has 0 saturated heterocycles. The molecule has 0 aliphatic heterocycles. The number of rotatable bonds is 15. The van der Waals surface area contributed by atoms with Crippen molar-refractivity contribution in [3.63, 3.8) is 0 Å². The molecule has 2 aliphatic rings. The van der Waals surface area contributed by atoms with Crippen LogP contribution in [-0.2, 0) is 10.8 Å². The molecule has 509 valence electrons. The van der Waals surface area contributed by atoms with Crippen molar-refractivity contribution in [3.8, 4) is 22.3 Å². The Bertz CT molecular complexity index is 4840. The zero-order valence-electron chi connectivity index (χ0n) is 66.2.